The Morgan fingerprint density at radius 3 is 2.62 bits per heavy atom. The molecule has 3 rings (SSSR count). The third kappa shape index (κ3) is 4.09. The third-order valence-electron chi connectivity index (χ3n) is 3.85. The van der Waals surface area contributed by atoms with Gasteiger partial charge in [-0.2, -0.15) is 11.3 Å². The van der Waals surface area contributed by atoms with E-state index in [0.29, 0.717) is 16.5 Å². The van der Waals surface area contributed by atoms with Crippen LogP contribution in [0.4, 0.5) is 0 Å². The van der Waals surface area contributed by atoms with Crippen LogP contribution in [0.1, 0.15) is 23.0 Å². The highest BCUT2D eigenvalue weighted by Crippen LogP contribution is 2.27. The number of hydrogen-bond donors (Lipinski definition) is 2. The molecule has 2 heterocycles. The number of aryl methyl sites for hydroxylation is 1. The van der Waals surface area contributed by atoms with Crippen LogP contribution in [-0.2, 0) is 0 Å². The topological polar surface area (TPSA) is 75.1 Å². The maximum Gasteiger partial charge on any atom is 0.270 e. The van der Waals surface area contributed by atoms with Gasteiger partial charge in [-0.3, -0.25) is 4.79 Å². The Hall–Kier alpha value is -2.28. The lowest BCUT2D eigenvalue weighted by Crippen LogP contribution is -2.35. The van der Waals surface area contributed by atoms with Crippen LogP contribution in [0.25, 0.3) is 22.6 Å². The Morgan fingerprint density at radius 1 is 1.27 bits per heavy atom. The lowest BCUT2D eigenvalue weighted by atomic mass is 10.1. The molecule has 5 nitrogen and oxygen atoms in total. The molecule has 7 heteroatoms. The van der Waals surface area contributed by atoms with Crippen LogP contribution in [-0.4, -0.2) is 33.6 Å². The molecule has 3 aromatic rings. The SMILES string of the molecule is Cc1cscc1-c1nc(C(=O)N[C@@H](C)CO)cc(-c2ccc(Cl)cc2)n1. The second-order valence-corrected chi connectivity index (χ2v) is 7.17. The number of nitrogens with zero attached hydrogens (tertiary/aromatic N) is 2. The predicted molar refractivity (Wildman–Crippen MR) is 105 cm³/mol. The molecule has 26 heavy (non-hydrogen) atoms. The van der Waals surface area contributed by atoms with Gasteiger partial charge in [0.2, 0.25) is 0 Å². The van der Waals surface area contributed by atoms with Gasteiger partial charge < -0.3 is 10.4 Å². The molecule has 0 fully saturated rings. The number of rotatable bonds is 5. The quantitative estimate of drug-likeness (QED) is 0.695. The summed E-state index contributed by atoms with van der Waals surface area (Å²) in [5.41, 5.74) is 3.69. The molecule has 1 atom stereocenters. The number of aromatic nitrogens is 2. The summed E-state index contributed by atoms with van der Waals surface area (Å²) in [6, 6.07) is 8.56. The second-order valence-electron chi connectivity index (χ2n) is 5.99. The van der Waals surface area contributed by atoms with Crippen LogP contribution in [0.5, 0.6) is 0 Å². The van der Waals surface area contributed by atoms with E-state index >= 15 is 0 Å². The van der Waals surface area contributed by atoms with Crippen LogP contribution in [0.3, 0.4) is 0 Å². The monoisotopic (exact) mass is 387 g/mol. The standard InChI is InChI=1S/C19H18ClN3O2S/c1-11-9-26-10-15(11)18-22-16(13-3-5-14(20)6-4-13)7-17(23-18)19(25)21-12(2)8-24/h3-7,9-10,12,24H,8H2,1-2H3,(H,21,25)/t12-/m0/s1. The van der Waals surface area contributed by atoms with Crippen LogP contribution >= 0.6 is 22.9 Å². The Morgan fingerprint density at radius 2 is 2.00 bits per heavy atom. The largest absolute Gasteiger partial charge is 0.394 e. The van der Waals surface area contributed by atoms with Gasteiger partial charge in [0, 0.05) is 27.6 Å². The van der Waals surface area contributed by atoms with Gasteiger partial charge >= 0.3 is 0 Å². The van der Waals surface area contributed by atoms with Crippen molar-refractivity contribution in [3.8, 4) is 22.6 Å². The molecule has 2 N–H and O–H groups in total. The van der Waals surface area contributed by atoms with Crippen molar-refractivity contribution in [2.75, 3.05) is 6.61 Å². The van der Waals surface area contributed by atoms with E-state index in [2.05, 4.69) is 15.3 Å². The average molecular weight is 388 g/mol. The summed E-state index contributed by atoms with van der Waals surface area (Å²) in [6.45, 7) is 3.57. The zero-order valence-corrected chi connectivity index (χ0v) is 15.9. The summed E-state index contributed by atoms with van der Waals surface area (Å²) >= 11 is 7.53. The number of carbonyl (C=O) groups is 1. The molecule has 1 aromatic carbocycles. The van der Waals surface area contributed by atoms with Gasteiger partial charge in [-0.15, -0.1) is 0 Å². The molecular formula is C19H18ClN3O2S. The Bertz CT molecular complexity index is 925. The number of thiophene rings is 1. The fraction of sp³-hybridized carbons (Fsp3) is 0.211. The van der Waals surface area contributed by atoms with Crippen molar-refractivity contribution >= 4 is 28.8 Å². The van der Waals surface area contributed by atoms with Gasteiger partial charge in [0.05, 0.1) is 12.3 Å². The van der Waals surface area contributed by atoms with E-state index < -0.39 is 0 Å². The van der Waals surface area contributed by atoms with Crippen molar-refractivity contribution < 1.29 is 9.90 Å². The maximum atomic E-state index is 12.5. The van der Waals surface area contributed by atoms with Crippen molar-refractivity contribution in [3.05, 3.63) is 57.4 Å². The lowest BCUT2D eigenvalue weighted by Gasteiger charge is -2.12. The number of nitrogens with one attached hydrogen (secondary N) is 1. The molecule has 0 aliphatic rings. The van der Waals surface area contributed by atoms with Crippen LogP contribution in [0.2, 0.25) is 5.02 Å². The van der Waals surface area contributed by atoms with Gasteiger partial charge in [0.1, 0.15) is 5.69 Å². The van der Waals surface area contributed by atoms with Gasteiger partial charge in [0.25, 0.3) is 5.91 Å². The number of halogens is 1. The number of benzene rings is 1. The van der Waals surface area contributed by atoms with E-state index in [1.807, 2.05) is 29.8 Å². The molecule has 134 valence electrons. The molecule has 0 saturated heterocycles. The minimum Gasteiger partial charge on any atom is -0.394 e. The van der Waals surface area contributed by atoms with Crippen molar-refractivity contribution in [1.29, 1.82) is 0 Å². The maximum absolute atomic E-state index is 12.5. The van der Waals surface area contributed by atoms with Crippen LogP contribution in [0.15, 0.2) is 41.1 Å². The van der Waals surface area contributed by atoms with E-state index in [-0.39, 0.29) is 24.2 Å². The number of amides is 1. The second kappa shape index (κ2) is 7.95. The molecule has 0 aliphatic heterocycles. The fourth-order valence-corrected chi connectivity index (χ4v) is 3.34. The first kappa shape index (κ1) is 18.5. The number of carbonyl (C=O) groups excluding carboxylic acids is 1. The van der Waals surface area contributed by atoms with Crippen molar-refractivity contribution in [1.82, 2.24) is 15.3 Å². The molecular weight excluding hydrogens is 370 g/mol. The molecule has 1 amide bonds. The first-order valence-corrected chi connectivity index (χ1v) is 9.40. The molecule has 2 aromatic heterocycles. The number of aliphatic hydroxyl groups is 1. The van der Waals surface area contributed by atoms with Crippen molar-refractivity contribution in [2.24, 2.45) is 0 Å². The summed E-state index contributed by atoms with van der Waals surface area (Å²) in [7, 11) is 0. The first-order valence-electron chi connectivity index (χ1n) is 8.08. The Balaban J connectivity index is 2.09. The van der Waals surface area contributed by atoms with Gasteiger partial charge in [-0.1, -0.05) is 23.7 Å². The molecule has 0 aliphatic carbocycles. The number of hydrogen-bond acceptors (Lipinski definition) is 5. The summed E-state index contributed by atoms with van der Waals surface area (Å²) in [6.07, 6.45) is 0. The van der Waals surface area contributed by atoms with E-state index in [0.717, 1.165) is 16.7 Å². The van der Waals surface area contributed by atoms with Crippen molar-refractivity contribution in [2.45, 2.75) is 19.9 Å². The summed E-state index contributed by atoms with van der Waals surface area (Å²) in [4.78, 5) is 21.6. The molecule has 0 bridgehead atoms. The first-order chi connectivity index (χ1) is 12.5. The molecule has 0 saturated carbocycles. The summed E-state index contributed by atoms with van der Waals surface area (Å²) in [5.74, 6) is 0.149. The van der Waals surface area contributed by atoms with E-state index in [1.165, 1.54) is 0 Å². The zero-order valence-electron chi connectivity index (χ0n) is 14.4. The average Bonchev–Trinajstić information content (AvgIpc) is 3.07. The van der Waals surface area contributed by atoms with Gasteiger partial charge in [-0.25, -0.2) is 9.97 Å². The molecule has 0 spiro atoms. The fourth-order valence-electron chi connectivity index (χ4n) is 2.39. The highest BCUT2D eigenvalue weighted by molar-refractivity contribution is 7.08. The van der Waals surface area contributed by atoms with Gasteiger partial charge in [0.15, 0.2) is 5.82 Å². The molecule has 0 unspecified atom stereocenters. The van der Waals surface area contributed by atoms with Crippen LogP contribution < -0.4 is 5.32 Å². The predicted octanol–water partition coefficient (Wildman–Crippen LogP) is 3.94. The Labute approximate surface area is 160 Å². The zero-order chi connectivity index (χ0) is 18.7. The van der Waals surface area contributed by atoms with Gasteiger partial charge in [-0.05, 0) is 43.0 Å². The Kier molecular flexibility index (Phi) is 5.66. The van der Waals surface area contributed by atoms with E-state index in [4.69, 9.17) is 11.6 Å². The normalized spacial score (nSPS) is 12.0. The third-order valence-corrected chi connectivity index (χ3v) is 4.96. The summed E-state index contributed by atoms with van der Waals surface area (Å²) < 4.78 is 0. The van der Waals surface area contributed by atoms with E-state index in [9.17, 15) is 9.90 Å². The number of aliphatic hydroxyl groups excluding tert-OH is 1. The lowest BCUT2D eigenvalue weighted by molar-refractivity contribution is 0.0917. The minimum absolute atomic E-state index is 0.142. The highest BCUT2D eigenvalue weighted by atomic mass is 35.5. The molecule has 0 radical (unpaired) electrons. The van der Waals surface area contributed by atoms with E-state index in [1.54, 1.807) is 36.5 Å². The van der Waals surface area contributed by atoms with Crippen LogP contribution in [0, 0.1) is 6.92 Å². The highest BCUT2D eigenvalue weighted by Gasteiger charge is 2.17. The van der Waals surface area contributed by atoms with Crippen molar-refractivity contribution in [3.63, 3.8) is 0 Å². The minimum atomic E-state index is -0.359. The smallest absolute Gasteiger partial charge is 0.270 e. The summed E-state index contributed by atoms with van der Waals surface area (Å²) in [5, 5.41) is 16.5.